The minimum Gasteiger partial charge on any atom is -0.480 e. The third-order valence-corrected chi connectivity index (χ3v) is 8.61. The van der Waals surface area contributed by atoms with Gasteiger partial charge in [-0.3, -0.25) is 4.79 Å². The van der Waals surface area contributed by atoms with Crippen molar-refractivity contribution in [2.75, 3.05) is 36.8 Å². The lowest BCUT2D eigenvalue weighted by atomic mass is 9.99. The highest BCUT2D eigenvalue weighted by Gasteiger charge is 2.30. The van der Waals surface area contributed by atoms with E-state index in [2.05, 4.69) is 15.5 Å². The Morgan fingerprint density at radius 2 is 1.23 bits per heavy atom. The van der Waals surface area contributed by atoms with Gasteiger partial charge in [0.05, 0.1) is 5.56 Å². The zero-order valence-corrected chi connectivity index (χ0v) is 25.0. The van der Waals surface area contributed by atoms with Crippen molar-refractivity contribution in [3.63, 3.8) is 0 Å². The highest BCUT2D eigenvalue weighted by molar-refractivity contribution is 6.02. The molecule has 2 N–H and O–H groups in total. The molecule has 2 saturated heterocycles. The Labute approximate surface area is 259 Å². The zero-order chi connectivity index (χ0) is 30.1. The minimum absolute atomic E-state index is 0.0796. The van der Waals surface area contributed by atoms with E-state index in [1.807, 2.05) is 95.9 Å². The number of amides is 3. The molecule has 2 aliphatic heterocycles. The van der Waals surface area contributed by atoms with Crippen molar-refractivity contribution < 1.29 is 14.3 Å². The van der Waals surface area contributed by atoms with E-state index >= 15 is 0 Å². The van der Waals surface area contributed by atoms with Gasteiger partial charge in [0.25, 0.3) is 5.91 Å². The molecular formula is C37H40N4O3. The summed E-state index contributed by atoms with van der Waals surface area (Å²) in [6.07, 6.45) is 5.38. The molecule has 0 radical (unpaired) electrons. The van der Waals surface area contributed by atoms with Crippen molar-refractivity contribution in [3.8, 4) is 5.75 Å². The van der Waals surface area contributed by atoms with E-state index in [0.717, 1.165) is 37.1 Å². The first-order chi connectivity index (χ1) is 21.6. The van der Waals surface area contributed by atoms with Crippen LogP contribution in [0.1, 0.15) is 59.7 Å². The second-order valence-corrected chi connectivity index (χ2v) is 11.6. The van der Waals surface area contributed by atoms with Gasteiger partial charge >= 0.3 is 6.03 Å². The molecule has 2 fully saturated rings. The number of nitrogens with zero attached hydrogens (tertiary/aromatic N) is 2. The summed E-state index contributed by atoms with van der Waals surface area (Å²) in [5, 5.41) is 5.75. The smallest absolute Gasteiger partial charge is 0.323 e. The molecule has 0 bridgehead atoms. The van der Waals surface area contributed by atoms with E-state index in [1.165, 1.54) is 19.3 Å². The number of hydrogen-bond acceptors (Lipinski definition) is 4. The highest BCUT2D eigenvalue weighted by Crippen LogP contribution is 2.33. The Morgan fingerprint density at radius 1 is 0.659 bits per heavy atom. The Kier molecular flexibility index (Phi) is 9.53. The van der Waals surface area contributed by atoms with Crippen LogP contribution in [0.4, 0.5) is 16.2 Å². The van der Waals surface area contributed by atoms with Gasteiger partial charge in [0.2, 0.25) is 0 Å². The van der Waals surface area contributed by atoms with Gasteiger partial charge in [-0.05, 0) is 80.2 Å². The summed E-state index contributed by atoms with van der Waals surface area (Å²) in [4.78, 5) is 31.6. The molecule has 0 spiro atoms. The Hall–Kier alpha value is -4.62. The average molecular weight is 589 g/mol. The lowest BCUT2D eigenvalue weighted by Crippen LogP contribution is -2.48. The predicted molar refractivity (Wildman–Crippen MR) is 175 cm³/mol. The molecule has 7 nitrogen and oxygen atoms in total. The summed E-state index contributed by atoms with van der Waals surface area (Å²) in [6.45, 7) is 3.73. The first kappa shape index (κ1) is 29.5. The van der Waals surface area contributed by atoms with Crippen LogP contribution in [-0.4, -0.2) is 54.0 Å². The summed E-state index contributed by atoms with van der Waals surface area (Å²) < 4.78 is 6.72. The number of benzene rings is 4. The number of para-hydroxylation sites is 1. The van der Waals surface area contributed by atoms with Gasteiger partial charge in [0.15, 0.2) is 0 Å². The largest absolute Gasteiger partial charge is 0.480 e. The molecule has 2 aliphatic rings. The fraction of sp³-hybridized carbons (Fsp3) is 0.297. The summed E-state index contributed by atoms with van der Waals surface area (Å²) >= 11 is 0. The third kappa shape index (κ3) is 7.29. The number of nitrogens with one attached hydrogen (secondary N) is 2. The lowest BCUT2D eigenvalue weighted by molar-refractivity contribution is 0.0585. The third-order valence-electron chi connectivity index (χ3n) is 8.61. The normalized spacial score (nSPS) is 16.0. The number of carbonyl (C=O) groups excluding carboxylic acids is 2. The summed E-state index contributed by atoms with van der Waals surface area (Å²) in [5.74, 6) is 0.406. The monoisotopic (exact) mass is 588 g/mol. The number of piperidine rings is 2. The van der Waals surface area contributed by atoms with Crippen LogP contribution in [0.25, 0.3) is 0 Å². The molecular weight excluding hydrogens is 548 g/mol. The van der Waals surface area contributed by atoms with E-state index in [4.69, 9.17) is 4.74 Å². The Balaban J connectivity index is 1.26. The molecule has 44 heavy (non-hydrogen) atoms. The second kappa shape index (κ2) is 14.2. The predicted octanol–water partition coefficient (Wildman–Crippen LogP) is 7.59. The summed E-state index contributed by atoms with van der Waals surface area (Å²) in [7, 11) is 0. The number of likely N-dealkylation sites (tertiary alicyclic amines) is 2. The number of urea groups is 1. The second-order valence-electron chi connectivity index (χ2n) is 11.6. The SMILES string of the molecule is O=C(Nc1ccccc1)Nc1ccc(OC(c2ccccc2)c2ccccc2)c(C(=O)N2CCC(N3CCCCC3)CC2)c1. The number of anilines is 2. The average Bonchev–Trinajstić information content (AvgIpc) is 3.09. The van der Waals surface area contributed by atoms with Crippen LogP contribution in [-0.2, 0) is 0 Å². The first-order valence-electron chi connectivity index (χ1n) is 15.7. The number of ether oxygens (including phenoxy) is 1. The minimum atomic E-state index is -0.408. The maximum absolute atomic E-state index is 14.2. The quantitative estimate of drug-likeness (QED) is 0.222. The molecule has 0 aromatic heterocycles. The number of hydrogen-bond donors (Lipinski definition) is 2. The molecule has 0 unspecified atom stereocenters. The van der Waals surface area contributed by atoms with Crippen molar-refractivity contribution in [1.82, 2.24) is 9.80 Å². The van der Waals surface area contributed by atoms with Gasteiger partial charge in [-0.25, -0.2) is 4.79 Å². The van der Waals surface area contributed by atoms with E-state index in [1.54, 1.807) is 18.2 Å². The van der Waals surface area contributed by atoms with Gasteiger partial charge in [-0.1, -0.05) is 85.3 Å². The molecule has 226 valence electrons. The van der Waals surface area contributed by atoms with Crippen LogP contribution >= 0.6 is 0 Å². The number of rotatable bonds is 8. The van der Waals surface area contributed by atoms with Gasteiger partial charge in [-0.2, -0.15) is 0 Å². The molecule has 6 rings (SSSR count). The van der Waals surface area contributed by atoms with E-state index in [-0.39, 0.29) is 11.9 Å². The molecule has 4 aromatic carbocycles. The van der Waals surface area contributed by atoms with Crippen molar-refractivity contribution in [2.45, 2.75) is 44.2 Å². The van der Waals surface area contributed by atoms with E-state index in [9.17, 15) is 9.59 Å². The summed E-state index contributed by atoms with van der Waals surface area (Å²) in [6, 6.07) is 34.8. The van der Waals surface area contributed by atoms with Gasteiger partial charge < -0.3 is 25.2 Å². The molecule has 0 saturated carbocycles. The van der Waals surface area contributed by atoms with Crippen molar-refractivity contribution >= 4 is 23.3 Å². The van der Waals surface area contributed by atoms with Crippen molar-refractivity contribution in [1.29, 1.82) is 0 Å². The topological polar surface area (TPSA) is 73.9 Å². The van der Waals surface area contributed by atoms with Crippen molar-refractivity contribution in [2.24, 2.45) is 0 Å². The van der Waals surface area contributed by atoms with Crippen LogP contribution in [0.2, 0.25) is 0 Å². The lowest BCUT2D eigenvalue weighted by Gasteiger charge is -2.40. The van der Waals surface area contributed by atoms with Gasteiger partial charge in [0.1, 0.15) is 11.9 Å². The van der Waals surface area contributed by atoms with Gasteiger partial charge in [0, 0.05) is 30.5 Å². The molecule has 4 aromatic rings. The van der Waals surface area contributed by atoms with Crippen molar-refractivity contribution in [3.05, 3.63) is 126 Å². The zero-order valence-electron chi connectivity index (χ0n) is 25.0. The highest BCUT2D eigenvalue weighted by atomic mass is 16.5. The molecule has 3 amide bonds. The van der Waals surface area contributed by atoms with Crippen LogP contribution < -0.4 is 15.4 Å². The van der Waals surface area contributed by atoms with Crippen LogP contribution in [0.5, 0.6) is 5.75 Å². The van der Waals surface area contributed by atoms with Crippen LogP contribution in [0.3, 0.4) is 0 Å². The Morgan fingerprint density at radius 3 is 1.84 bits per heavy atom. The maximum atomic E-state index is 14.2. The standard InChI is InChI=1S/C37H40N4O3/c42-36(41-25-21-32(22-26-41)40-23-11-4-12-24-40)33-27-31(39-37(43)38-30-17-9-3-10-18-30)19-20-34(33)44-35(28-13-5-1-6-14-28)29-15-7-2-8-16-29/h1-3,5-10,13-20,27,32,35H,4,11-12,21-26H2,(H2,38,39,43). The number of carbonyl (C=O) groups is 2. The van der Waals surface area contributed by atoms with Gasteiger partial charge in [-0.15, -0.1) is 0 Å². The molecule has 2 heterocycles. The van der Waals surface area contributed by atoms with E-state index < -0.39 is 6.10 Å². The maximum Gasteiger partial charge on any atom is 0.323 e. The molecule has 0 aliphatic carbocycles. The summed E-state index contributed by atoms with van der Waals surface area (Å²) in [5.41, 5.74) is 3.63. The molecule has 0 atom stereocenters. The Bertz CT molecular complexity index is 1480. The fourth-order valence-electron chi connectivity index (χ4n) is 6.29. The molecule has 7 heteroatoms. The van der Waals surface area contributed by atoms with Crippen LogP contribution in [0, 0.1) is 0 Å². The van der Waals surface area contributed by atoms with E-state index in [0.29, 0.717) is 41.8 Å². The van der Waals surface area contributed by atoms with Crippen LogP contribution in [0.15, 0.2) is 109 Å². The first-order valence-corrected chi connectivity index (χ1v) is 15.7. The fourth-order valence-corrected chi connectivity index (χ4v) is 6.29.